The maximum atomic E-state index is 6.77. The fourth-order valence-corrected chi connectivity index (χ4v) is 6.82. The minimum atomic E-state index is 0.118. The van der Waals surface area contributed by atoms with E-state index in [-0.39, 0.29) is 5.41 Å². The van der Waals surface area contributed by atoms with Gasteiger partial charge in [-0.2, -0.15) is 0 Å². The van der Waals surface area contributed by atoms with E-state index in [0.29, 0.717) is 0 Å². The molecule has 0 amide bonds. The molecule has 0 unspecified atom stereocenters. The van der Waals surface area contributed by atoms with Gasteiger partial charge in [0.1, 0.15) is 0 Å². The summed E-state index contributed by atoms with van der Waals surface area (Å²) in [5.41, 5.74) is 8.12. The number of hydrogen-bond acceptors (Lipinski definition) is 1. The molecule has 0 aliphatic heterocycles. The number of hydrogen-bond donors (Lipinski definition) is 1. The Morgan fingerprint density at radius 3 is 2.21 bits per heavy atom. The van der Waals surface area contributed by atoms with Gasteiger partial charge < -0.3 is 5.32 Å². The smallest absolute Gasteiger partial charge is 0.0653 e. The van der Waals surface area contributed by atoms with E-state index in [1.165, 1.54) is 70.5 Å². The van der Waals surface area contributed by atoms with Crippen molar-refractivity contribution in [2.75, 3.05) is 5.32 Å². The maximum Gasteiger partial charge on any atom is 0.0653 e. The Hall–Kier alpha value is -3.29. The Labute approximate surface area is 205 Å². The molecule has 166 valence electrons. The summed E-state index contributed by atoms with van der Waals surface area (Å²) in [6.45, 7) is 0. The van der Waals surface area contributed by atoms with Crippen LogP contribution in [0.2, 0.25) is 5.02 Å². The lowest BCUT2D eigenvalue weighted by Gasteiger charge is -2.36. The molecule has 5 aromatic carbocycles. The summed E-state index contributed by atoms with van der Waals surface area (Å²) < 4.78 is 0. The first-order valence-electron chi connectivity index (χ1n) is 12.4. The van der Waals surface area contributed by atoms with E-state index in [1.807, 2.05) is 6.07 Å². The standard InChI is InChI=1S/C32H26ClN/c33-28-17-16-21-10-2-3-11-22(21)31(28)34-29-20-27-30(24-13-5-4-12-23(24)29)25-14-6-7-15-26(25)32(27)18-8-1-9-19-32/h2-7,10-17,20,34H,1,8-9,18-19H2. The zero-order chi connectivity index (χ0) is 22.7. The maximum absolute atomic E-state index is 6.77. The molecule has 1 spiro atoms. The van der Waals surface area contributed by atoms with E-state index in [0.717, 1.165) is 21.8 Å². The van der Waals surface area contributed by atoms with Crippen molar-refractivity contribution in [2.24, 2.45) is 0 Å². The number of rotatable bonds is 2. The predicted octanol–water partition coefficient (Wildman–Crippen LogP) is 9.62. The highest BCUT2D eigenvalue weighted by molar-refractivity contribution is 6.35. The quantitative estimate of drug-likeness (QED) is 0.277. The number of anilines is 2. The molecule has 34 heavy (non-hydrogen) atoms. The number of halogens is 1. The normalized spacial score (nSPS) is 16.0. The van der Waals surface area contributed by atoms with Gasteiger partial charge in [-0.05, 0) is 58.0 Å². The Balaban J connectivity index is 1.51. The predicted molar refractivity (Wildman–Crippen MR) is 145 cm³/mol. The second-order valence-electron chi connectivity index (χ2n) is 9.85. The molecule has 1 fully saturated rings. The van der Waals surface area contributed by atoms with Gasteiger partial charge in [0.15, 0.2) is 0 Å². The zero-order valence-corrected chi connectivity index (χ0v) is 19.8. The molecule has 1 nitrogen and oxygen atoms in total. The summed E-state index contributed by atoms with van der Waals surface area (Å²) in [5, 5.41) is 9.46. The van der Waals surface area contributed by atoms with Gasteiger partial charge in [-0.25, -0.2) is 0 Å². The Kier molecular flexibility index (Phi) is 4.50. The van der Waals surface area contributed by atoms with E-state index >= 15 is 0 Å². The highest BCUT2D eigenvalue weighted by Crippen LogP contribution is 2.58. The van der Waals surface area contributed by atoms with Crippen LogP contribution in [0.3, 0.4) is 0 Å². The van der Waals surface area contributed by atoms with Crippen molar-refractivity contribution >= 4 is 44.5 Å². The Morgan fingerprint density at radius 1 is 0.647 bits per heavy atom. The molecule has 1 N–H and O–H groups in total. The summed E-state index contributed by atoms with van der Waals surface area (Å²) in [6, 6.07) is 33.0. The molecule has 0 saturated heterocycles. The van der Waals surface area contributed by atoms with Crippen molar-refractivity contribution < 1.29 is 0 Å². The molecule has 0 bridgehead atoms. The average Bonchev–Trinajstić information content (AvgIpc) is 3.15. The summed E-state index contributed by atoms with van der Waals surface area (Å²) in [7, 11) is 0. The van der Waals surface area contributed by atoms with Crippen molar-refractivity contribution in [1.29, 1.82) is 0 Å². The largest absolute Gasteiger partial charge is 0.353 e. The van der Waals surface area contributed by atoms with Crippen molar-refractivity contribution in [3.05, 3.63) is 107 Å². The van der Waals surface area contributed by atoms with Crippen LogP contribution < -0.4 is 5.32 Å². The van der Waals surface area contributed by atoms with E-state index in [9.17, 15) is 0 Å². The van der Waals surface area contributed by atoms with Crippen LogP contribution >= 0.6 is 11.6 Å². The first-order valence-corrected chi connectivity index (χ1v) is 12.7. The third-order valence-electron chi connectivity index (χ3n) is 8.12. The molecule has 0 aromatic heterocycles. The molecular weight excluding hydrogens is 434 g/mol. The van der Waals surface area contributed by atoms with Gasteiger partial charge in [0.25, 0.3) is 0 Å². The minimum Gasteiger partial charge on any atom is -0.353 e. The highest BCUT2D eigenvalue weighted by Gasteiger charge is 2.44. The second-order valence-corrected chi connectivity index (χ2v) is 10.3. The van der Waals surface area contributed by atoms with E-state index in [2.05, 4.69) is 90.2 Å². The first-order chi connectivity index (χ1) is 16.8. The molecule has 0 atom stereocenters. The summed E-state index contributed by atoms with van der Waals surface area (Å²) >= 11 is 6.77. The van der Waals surface area contributed by atoms with Gasteiger partial charge in [0, 0.05) is 21.9 Å². The van der Waals surface area contributed by atoms with Crippen LogP contribution in [0.4, 0.5) is 11.4 Å². The lowest BCUT2D eigenvalue weighted by Crippen LogP contribution is -2.28. The summed E-state index contributed by atoms with van der Waals surface area (Å²) in [4.78, 5) is 0. The van der Waals surface area contributed by atoms with E-state index in [4.69, 9.17) is 11.6 Å². The van der Waals surface area contributed by atoms with Crippen LogP contribution in [0.15, 0.2) is 91.0 Å². The summed E-state index contributed by atoms with van der Waals surface area (Å²) in [6.07, 6.45) is 6.37. The van der Waals surface area contributed by atoms with Crippen molar-refractivity contribution in [3.63, 3.8) is 0 Å². The van der Waals surface area contributed by atoms with Gasteiger partial charge in [0.05, 0.1) is 10.7 Å². The molecular formula is C32H26ClN. The van der Waals surface area contributed by atoms with Gasteiger partial charge in [0.2, 0.25) is 0 Å². The second kappa shape index (κ2) is 7.61. The van der Waals surface area contributed by atoms with Crippen molar-refractivity contribution in [1.82, 2.24) is 0 Å². The third kappa shape index (κ3) is 2.80. The first kappa shape index (κ1) is 20.1. The van der Waals surface area contributed by atoms with Crippen LogP contribution in [-0.2, 0) is 5.41 Å². The van der Waals surface area contributed by atoms with Crippen LogP contribution in [-0.4, -0.2) is 0 Å². The molecule has 5 aromatic rings. The molecule has 1 saturated carbocycles. The average molecular weight is 460 g/mol. The molecule has 2 aliphatic rings. The number of fused-ring (bicyclic) bond motifs is 8. The minimum absolute atomic E-state index is 0.118. The molecule has 0 heterocycles. The Morgan fingerprint density at radius 2 is 1.35 bits per heavy atom. The van der Waals surface area contributed by atoms with Gasteiger partial charge in [-0.1, -0.05) is 110 Å². The monoisotopic (exact) mass is 459 g/mol. The van der Waals surface area contributed by atoms with E-state index < -0.39 is 0 Å². The van der Waals surface area contributed by atoms with Gasteiger partial charge >= 0.3 is 0 Å². The van der Waals surface area contributed by atoms with Crippen LogP contribution in [0.25, 0.3) is 32.7 Å². The van der Waals surface area contributed by atoms with Crippen molar-refractivity contribution in [2.45, 2.75) is 37.5 Å². The third-order valence-corrected chi connectivity index (χ3v) is 8.43. The van der Waals surface area contributed by atoms with E-state index in [1.54, 1.807) is 0 Å². The topological polar surface area (TPSA) is 12.0 Å². The Bertz CT molecular complexity index is 1580. The molecule has 2 aliphatic carbocycles. The zero-order valence-electron chi connectivity index (χ0n) is 19.1. The molecule has 0 radical (unpaired) electrons. The SMILES string of the molecule is Clc1ccc2ccccc2c1Nc1cc2c(c3ccccc13)-c1ccccc1C21CCCCC1. The van der Waals surface area contributed by atoms with Gasteiger partial charge in [-0.15, -0.1) is 0 Å². The van der Waals surface area contributed by atoms with Crippen LogP contribution in [0, 0.1) is 0 Å². The number of nitrogens with one attached hydrogen (secondary N) is 1. The molecule has 2 heteroatoms. The molecule has 7 rings (SSSR count). The highest BCUT2D eigenvalue weighted by atomic mass is 35.5. The lowest BCUT2D eigenvalue weighted by atomic mass is 9.67. The number of benzene rings is 5. The van der Waals surface area contributed by atoms with Crippen LogP contribution in [0.5, 0.6) is 0 Å². The lowest BCUT2D eigenvalue weighted by molar-refractivity contribution is 0.353. The summed E-state index contributed by atoms with van der Waals surface area (Å²) in [5.74, 6) is 0. The van der Waals surface area contributed by atoms with Crippen molar-refractivity contribution in [3.8, 4) is 11.1 Å². The van der Waals surface area contributed by atoms with Crippen LogP contribution in [0.1, 0.15) is 43.2 Å². The fraction of sp³-hybridized carbons (Fsp3) is 0.188. The fourth-order valence-electron chi connectivity index (χ4n) is 6.61. The van der Waals surface area contributed by atoms with Gasteiger partial charge in [-0.3, -0.25) is 0 Å².